The van der Waals surface area contributed by atoms with Gasteiger partial charge in [-0.05, 0) is 23.8 Å². The van der Waals surface area contributed by atoms with Gasteiger partial charge in [0.05, 0.1) is 12.7 Å². The molecular formula is C12H21NO2S. The fraction of sp³-hybridized carbons (Fsp3) is 0.667. The Hall–Kier alpha value is -0.420. The van der Waals surface area contributed by atoms with Crippen molar-refractivity contribution in [3.63, 3.8) is 0 Å². The lowest BCUT2D eigenvalue weighted by molar-refractivity contribution is -0.152. The van der Waals surface area contributed by atoms with Gasteiger partial charge in [0.2, 0.25) is 0 Å². The van der Waals surface area contributed by atoms with Gasteiger partial charge < -0.3 is 5.11 Å². The summed E-state index contributed by atoms with van der Waals surface area (Å²) >= 11 is 1.59. The van der Waals surface area contributed by atoms with E-state index in [-0.39, 0.29) is 6.10 Å². The smallest absolute Gasteiger partial charge is 0.0895 e. The van der Waals surface area contributed by atoms with E-state index < -0.39 is 0 Å². The van der Waals surface area contributed by atoms with Crippen molar-refractivity contribution in [2.75, 3.05) is 20.2 Å². The van der Waals surface area contributed by atoms with Crippen molar-refractivity contribution in [2.45, 2.75) is 26.4 Å². The molecule has 1 atom stereocenters. The molecule has 0 aromatic carbocycles. The van der Waals surface area contributed by atoms with Gasteiger partial charge in [-0.2, -0.15) is 5.06 Å². The van der Waals surface area contributed by atoms with E-state index in [0.29, 0.717) is 12.3 Å². The first-order valence-corrected chi connectivity index (χ1v) is 6.53. The molecule has 1 N–H and O–H groups in total. The fourth-order valence-corrected chi connectivity index (χ4v) is 2.01. The zero-order valence-corrected chi connectivity index (χ0v) is 11.0. The molecule has 0 aliphatic heterocycles. The van der Waals surface area contributed by atoms with E-state index in [9.17, 15) is 5.11 Å². The number of nitrogens with zero attached hydrogens (tertiary/aromatic N) is 1. The molecule has 0 saturated carbocycles. The molecule has 1 heterocycles. The van der Waals surface area contributed by atoms with Crippen molar-refractivity contribution < 1.29 is 9.94 Å². The topological polar surface area (TPSA) is 32.7 Å². The molecular weight excluding hydrogens is 222 g/mol. The number of hydroxylamine groups is 2. The summed E-state index contributed by atoms with van der Waals surface area (Å²) < 4.78 is 0. The lowest BCUT2D eigenvalue weighted by Crippen LogP contribution is -2.23. The minimum absolute atomic E-state index is 0.370. The Balaban J connectivity index is 2.19. The number of hydrogen-bond donors (Lipinski definition) is 1. The maximum atomic E-state index is 9.86. The van der Waals surface area contributed by atoms with Crippen LogP contribution in [0.5, 0.6) is 0 Å². The second kappa shape index (κ2) is 7.01. The van der Waals surface area contributed by atoms with E-state index in [0.717, 1.165) is 18.0 Å². The monoisotopic (exact) mass is 243 g/mol. The van der Waals surface area contributed by atoms with Gasteiger partial charge in [-0.15, -0.1) is 11.3 Å². The maximum absolute atomic E-state index is 9.86. The minimum Gasteiger partial charge on any atom is -0.388 e. The first kappa shape index (κ1) is 13.6. The number of thiophene rings is 1. The van der Waals surface area contributed by atoms with Crippen LogP contribution in [0.3, 0.4) is 0 Å². The predicted octanol–water partition coefficient (Wildman–Crippen LogP) is 2.69. The Morgan fingerprint density at radius 3 is 2.81 bits per heavy atom. The average molecular weight is 243 g/mol. The quantitative estimate of drug-likeness (QED) is 0.747. The van der Waals surface area contributed by atoms with Crippen LogP contribution in [0.1, 0.15) is 31.2 Å². The van der Waals surface area contributed by atoms with Gasteiger partial charge in [-0.3, -0.25) is 4.84 Å². The molecule has 0 radical (unpaired) electrons. The highest BCUT2D eigenvalue weighted by atomic mass is 32.1. The highest BCUT2D eigenvalue weighted by Crippen LogP contribution is 2.21. The third-order valence-corrected chi connectivity index (χ3v) is 3.19. The normalized spacial score (nSPS) is 13.6. The van der Waals surface area contributed by atoms with Crippen molar-refractivity contribution in [3.8, 4) is 0 Å². The van der Waals surface area contributed by atoms with Gasteiger partial charge in [-0.1, -0.05) is 19.9 Å². The van der Waals surface area contributed by atoms with Crippen molar-refractivity contribution >= 4 is 11.3 Å². The maximum Gasteiger partial charge on any atom is 0.0895 e. The highest BCUT2D eigenvalue weighted by Gasteiger charge is 2.10. The molecule has 0 bridgehead atoms. The Morgan fingerprint density at radius 2 is 2.25 bits per heavy atom. The summed E-state index contributed by atoms with van der Waals surface area (Å²) in [5, 5.41) is 13.6. The molecule has 3 nitrogen and oxygen atoms in total. The lowest BCUT2D eigenvalue weighted by Gasteiger charge is -2.19. The molecule has 0 saturated heterocycles. The first-order chi connectivity index (χ1) is 7.59. The third kappa shape index (κ3) is 5.07. The summed E-state index contributed by atoms with van der Waals surface area (Å²) in [5.41, 5.74) is 0. The number of aliphatic hydroxyl groups excluding tert-OH is 1. The molecule has 0 spiro atoms. The van der Waals surface area contributed by atoms with E-state index in [1.807, 2.05) is 24.6 Å². The van der Waals surface area contributed by atoms with E-state index >= 15 is 0 Å². The summed E-state index contributed by atoms with van der Waals surface area (Å²) in [6.07, 6.45) is 0.333. The molecule has 1 rings (SSSR count). The Morgan fingerprint density at radius 1 is 1.50 bits per heavy atom. The Labute approximate surface area is 102 Å². The molecule has 0 aliphatic rings. The van der Waals surface area contributed by atoms with Gasteiger partial charge in [0.1, 0.15) is 0 Å². The highest BCUT2D eigenvalue weighted by molar-refractivity contribution is 7.10. The van der Waals surface area contributed by atoms with Gasteiger partial charge in [-0.25, -0.2) is 0 Å². The van der Waals surface area contributed by atoms with Gasteiger partial charge >= 0.3 is 0 Å². The summed E-state index contributed by atoms with van der Waals surface area (Å²) in [5.74, 6) is 0.532. The standard InChI is InChI=1S/C12H21NO2S/c1-10(2)9-15-13(3)7-6-11(14)12-5-4-8-16-12/h4-5,8,10-11,14H,6-7,9H2,1-3H3. The Bertz CT molecular complexity index is 275. The molecule has 1 aromatic heterocycles. The van der Waals surface area contributed by atoms with Crippen molar-refractivity contribution in [1.82, 2.24) is 5.06 Å². The number of hydrogen-bond acceptors (Lipinski definition) is 4. The molecule has 0 amide bonds. The van der Waals surface area contributed by atoms with Crippen molar-refractivity contribution in [3.05, 3.63) is 22.4 Å². The van der Waals surface area contributed by atoms with E-state index in [1.54, 1.807) is 16.4 Å². The van der Waals surface area contributed by atoms with Gasteiger partial charge in [0, 0.05) is 18.5 Å². The van der Waals surface area contributed by atoms with E-state index in [4.69, 9.17) is 4.84 Å². The summed E-state index contributed by atoms with van der Waals surface area (Å²) in [4.78, 5) is 6.52. The zero-order chi connectivity index (χ0) is 12.0. The van der Waals surface area contributed by atoms with Crippen LogP contribution in [0, 0.1) is 5.92 Å². The summed E-state index contributed by atoms with van der Waals surface area (Å²) in [6, 6.07) is 3.92. The molecule has 1 aromatic rings. The predicted molar refractivity (Wildman–Crippen MR) is 67.3 cm³/mol. The largest absolute Gasteiger partial charge is 0.388 e. The van der Waals surface area contributed by atoms with E-state index in [2.05, 4.69) is 13.8 Å². The molecule has 92 valence electrons. The second-order valence-corrected chi connectivity index (χ2v) is 5.34. The lowest BCUT2D eigenvalue weighted by atomic mass is 10.2. The first-order valence-electron chi connectivity index (χ1n) is 5.65. The van der Waals surface area contributed by atoms with Crippen LogP contribution in [-0.4, -0.2) is 30.4 Å². The summed E-state index contributed by atoms with van der Waals surface area (Å²) in [6.45, 7) is 5.71. The van der Waals surface area contributed by atoms with Crippen LogP contribution in [-0.2, 0) is 4.84 Å². The molecule has 0 fully saturated rings. The van der Waals surface area contributed by atoms with Crippen LogP contribution in [0.15, 0.2) is 17.5 Å². The number of aliphatic hydroxyl groups is 1. The fourth-order valence-electron chi connectivity index (χ4n) is 1.27. The van der Waals surface area contributed by atoms with Crippen molar-refractivity contribution in [2.24, 2.45) is 5.92 Å². The van der Waals surface area contributed by atoms with Crippen LogP contribution >= 0.6 is 11.3 Å². The number of rotatable bonds is 7. The van der Waals surface area contributed by atoms with E-state index in [1.165, 1.54) is 0 Å². The zero-order valence-electron chi connectivity index (χ0n) is 10.2. The molecule has 0 aliphatic carbocycles. The SMILES string of the molecule is CC(C)CON(C)CCC(O)c1cccs1. The van der Waals surface area contributed by atoms with Gasteiger partial charge in [0.25, 0.3) is 0 Å². The molecule has 16 heavy (non-hydrogen) atoms. The van der Waals surface area contributed by atoms with Crippen LogP contribution in [0.25, 0.3) is 0 Å². The Kier molecular flexibility index (Phi) is 5.98. The molecule has 1 unspecified atom stereocenters. The van der Waals surface area contributed by atoms with Gasteiger partial charge in [0.15, 0.2) is 0 Å². The second-order valence-electron chi connectivity index (χ2n) is 4.36. The van der Waals surface area contributed by atoms with Crippen LogP contribution in [0.4, 0.5) is 0 Å². The third-order valence-electron chi connectivity index (χ3n) is 2.22. The minimum atomic E-state index is -0.370. The summed E-state index contributed by atoms with van der Waals surface area (Å²) in [7, 11) is 1.91. The van der Waals surface area contributed by atoms with Crippen LogP contribution in [0.2, 0.25) is 0 Å². The van der Waals surface area contributed by atoms with Crippen LogP contribution < -0.4 is 0 Å². The average Bonchev–Trinajstić information content (AvgIpc) is 2.76. The molecule has 4 heteroatoms. The van der Waals surface area contributed by atoms with Crippen molar-refractivity contribution in [1.29, 1.82) is 0 Å².